The Kier molecular flexibility index (Phi) is 4.18. The van der Waals surface area contributed by atoms with Gasteiger partial charge in [0.25, 0.3) is 0 Å². The minimum atomic E-state index is -0.744. The molecule has 1 aliphatic carbocycles. The third-order valence-electron chi connectivity index (χ3n) is 5.97. The van der Waals surface area contributed by atoms with Crippen LogP contribution in [0.25, 0.3) is 0 Å². The first-order chi connectivity index (χ1) is 12.1. The second-order valence-electron chi connectivity index (χ2n) is 7.30. The van der Waals surface area contributed by atoms with Crippen LogP contribution in [0.15, 0.2) is 42.5 Å². The van der Waals surface area contributed by atoms with Crippen LogP contribution in [0, 0.1) is 5.41 Å². The van der Waals surface area contributed by atoms with Gasteiger partial charge in [0.2, 0.25) is 0 Å². The Morgan fingerprint density at radius 3 is 2.72 bits per heavy atom. The Morgan fingerprint density at radius 1 is 1.32 bits per heavy atom. The number of rotatable bonds is 3. The molecule has 0 amide bonds. The molecule has 0 bridgehead atoms. The van der Waals surface area contributed by atoms with Crippen molar-refractivity contribution in [3.8, 4) is 0 Å². The Labute approximate surface area is 148 Å². The molecular weight excluding hydrogens is 318 g/mol. The molecule has 134 valence electrons. The molecule has 0 N–H and O–H groups in total. The van der Waals surface area contributed by atoms with Gasteiger partial charge in [-0.25, -0.2) is 0 Å². The van der Waals surface area contributed by atoms with Gasteiger partial charge in [-0.2, -0.15) is 0 Å². The maximum atomic E-state index is 12.9. The largest absolute Gasteiger partial charge is 0.468 e. The average Bonchev–Trinajstić information content (AvgIpc) is 3.19. The average molecular weight is 343 g/mol. The van der Waals surface area contributed by atoms with Crippen LogP contribution in [0.2, 0.25) is 0 Å². The van der Waals surface area contributed by atoms with Gasteiger partial charge < -0.3 is 14.2 Å². The highest BCUT2D eigenvalue weighted by molar-refractivity contribution is 5.83. The highest BCUT2D eigenvalue weighted by Gasteiger charge is 2.63. The Morgan fingerprint density at radius 2 is 2.04 bits per heavy atom. The van der Waals surface area contributed by atoms with Gasteiger partial charge in [0.1, 0.15) is 5.41 Å². The van der Waals surface area contributed by atoms with Crippen molar-refractivity contribution in [2.24, 2.45) is 5.41 Å². The summed E-state index contributed by atoms with van der Waals surface area (Å²) >= 11 is 0. The SMILES string of the molecule is C=C1CN(Cc2ccccc2)C2CCC3(CC12C(=O)OC)OCCO3. The fraction of sp³-hybridized carbons (Fsp3) is 0.550. The van der Waals surface area contributed by atoms with E-state index in [-0.39, 0.29) is 12.0 Å². The van der Waals surface area contributed by atoms with Crippen LogP contribution in [-0.4, -0.2) is 49.6 Å². The molecule has 2 aliphatic heterocycles. The highest BCUT2D eigenvalue weighted by atomic mass is 16.7. The van der Waals surface area contributed by atoms with E-state index in [1.807, 2.05) is 18.2 Å². The second-order valence-corrected chi connectivity index (χ2v) is 7.30. The number of carbonyl (C=O) groups excluding carboxylic acids is 1. The first kappa shape index (κ1) is 16.8. The molecule has 5 heteroatoms. The van der Waals surface area contributed by atoms with Gasteiger partial charge in [0, 0.05) is 32.0 Å². The molecule has 25 heavy (non-hydrogen) atoms. The number of methoxy groups -OCH3 is 1. The summed E-state index contributed by atoms with van der Waals surface area (Å²) in [6.45, 7) is 6.95. The molecule has 2 atom stereocenters. The molecule has 1 aromatic rings. The fourth-order valence-corrected chi connectivity index (χ4v) is 4.85. The van der Waals surface area contributed by atoms with Crippen LogP contribution in [0.5, 0.6) is 0 Å². The number of hydrogen-bond donors (Lipinski definition) is 0. The van der Waals surface area contributed by atoms with Crippen molar-refractivity contribution >= 4 is 5.97 Å². The summed E-state index contributed by atoms with van der Waals surface area (Å²) in [5.41, 5.74) is 1.41. The van der Waals surface area contributed by atoms with Crippen molar-refractivity contribution < 1.29 is 19.0 Å². The summed E-state index contributed by atoms with van der Waals surface area (Å²) < 4.78 is 17.1. The van der Waals surface area contributed by atoms with Gasteiger partial charge in [-0.3, -0.25) is 9.69 Å². The van der Waals surface area contributed by atoms with E-state index in [9.17, 15) is 4.79 Å². The van der Waals surface area contributed by atoms with Crippen molar-refractivity contribution in [3.05, 3.63) is 48.0 Å². The van der Waals surface area contributed by atoms with Crippen LogP contribution in [0.4, 0.5) is 0 Å². The molecule has 3 aliphatic rings. The standard InChI is InChI=1S/C20H25NO4/c1-15-12-21(13-16-6-4-3-5-7-16)17-8-9-19(24-10-11-25-19)14-20(15,17)18(22)23-2/h3-7,17H,1,8-14H2,2H3. The second kappa shape index (κ2) is 6.24. The molecule has 2 saturated heterocycles. The maximum Gasteiger partial charge on any atom is 0.317 e. The lowest BCUT2D eigenvalue weighted by Gasteiger charge is -2.46. The zero-order valence-electron chi connectivity index (χ0n) is 14.7. The quantitative estimate of drug-likeness (QED) is 0.623. The van der Waals surface area contributed by atoms with Gasteiger partial charge in [0.05, 0.1) is 20.3 Å². The van der Waals surface area contributed by atoms with Crippen molar-refractivity contribution in [1.29, 1.82) is 0 Å². The van der Waals surface area contributed by atoms with Crippen LogP contribution in [0.1, 0.15) is 24.8 Å². The van der Waals surface area contributed by atoms with E-state index in [0.717, 1.165) is 25.0 Å². The number of nitrogens with zero attached hydrogens (tertiary/aromatic N) is 1. The summed E-state index contributed by atoms with van der Waals surface area (Å²) in [6, 6.07) is 10.4. The molecule has 5 nitrogen and oxygen atoms in total. The lowest BCUT2D eigenvalue weighted by Crippen LogP contribution is -2.55. The maximum absolute atomic E-state index is 12.9. The molecule has 0 radical (unpaired) electrons. The van der Waals surface area contributed by atoms with Crippen molar-refractivity contribution in [2.75, 3.05) is 26.9 Å². The summed E-state index contributed by atoms with van der Waals surface area (Å²) in [5, 5.41) is 0. The summed E-state index contributed by atoms with van der Waals surface area (Å²) in [4.78, 5) is 15.3. The molecule has 2 heterocycles. The Bertz CT molecular complexity index is 668. The minimum Gasteiger partial charge on any atom is -0.468 e. The van der Waals surface area contributed by atoms with Crippen LogP contribution < -0.4 is 0 Å². The third kappa shape index (κ3) is 2.62. The van der Waals surface area contributed by atoms with Crippen LogP contribution in [0.3, 0.4) is 0 Å². The van der Waals surface area contributed by atoms with Gasteiger partial charge in [0.15, 0.2) is 5.79 Å². The summed E-state index contributed by atoms with van der Waals surface area (Å²) in [6.07, 6.45) is 2.14. The summed E-state index contributed by atoms with van der Waals surface area (Å²) in [7, 11) is 1.46. The lowest BCUT2D eigenvalue weighted by molar-refractivity contribution is -0.211. The number of carbonyl (C=O) groups is 1. The first-order valence-electron chi connectivity index (χ1n) is 8.92. The number of hydrogen-bond acceptors (Lipinski definition) is 5. The molecule has 1 saturated carbocycles. The highest BCUT2D eigenvalue weighted by Crippen LogP contribution is 2.55. The molecule has 1 spiro atoms. The summed E-state index contributed by atoms with van der Waals surface area (Å²) in [5.74, 6) is -0.868. The van der Waals surface area contributed by atoms with Crippen molar-refractivity contribution in [3.63, 3.8) is 0 Å². The molecule has 4 rings (SSSR count). The van der Waals surface area contributed by atoms with E-state index in [1.54, 1.807) is 0 Å². The topological polar surface area (TPSA) is 48.0 Å². The monoisotopic (exact) mass is 343 g/mol. The van der Waals surface area contributed by atoms with Crippen molar-refractivity contribution in [2.45, 2.75) is 37.6 Å². The zero-order valence-corrected chi connectivity index (χ0v) is 14.7. The van der Waals surface area contributed by atoms with E-state index >= 15 is 0 Å². The van der Waals surface area contributed by atoms with Gasteiger partial charge in [-0.15, -0.1) is 0 Å². The Hall–Kier alpha value is -1.69. The van der Waals surface area contributed by atoms with Crippen molar-refractivity contribution in [1.82, 2.24) is 4.90 Å². The predicted molar refractivity (Wildman–Crippen MR) is 92.7 cm³/mol. The number of benzene rings is 1. The molecule has 3 fully saturated rings. The Balaban J connectivity index is 1.66. The lowest BCUT2D eigenvalue weighted by atomic mass is 9.66. The first-order valence-corrected chi connectivity index (χ1v) is 8.92. The number of likely N-dealkylation sites (tertiary alicyclic amines) is 1. The minimum absolute atomic E-state index is 0.0751. The number of esters is 1. The molecule has 1 aromatic carbocycles. The van der Waals surface area contributed by atoms with E-state index < -0.39 is 11.2 Å². The van der Waals surface area contributed by atoms with E-state index in [0.29, 0.717) is 26.2 Å². The molecule has 0 aromatic heterocycles. The van der Waals surface area contributed by atoms with E-state index in [1.165, 1.54) is 12.7 Å². The molecule has 2 unspecified atom stereocenters. The van der Waals surface area contributed by atoms with Gasteiger partial charge in [-0.1, -0.05) is 36.9 Å². The predicted octanol–water partition coefficient (Wildman–Crippen LogP) is 2.51. The molecular formula is C20H25NO4. The zero-order chi connectivity index (χ0) is 17.5. The normalized spacial score (nSPS) is 31.2. The fourth-order valence-electron chi connectivity index (χ4n) is 4.85. The van der Waals surface area contributed by atoms with E-state index in [4.69, 9.17) is 14.2 Å². The smallest absolute Gasteiger partial charge is 0.317 e. The van der Waals surface area contributed by atoms with Crippen LogP contribution >= 0.6 is 0 Å². The third-order valence-corrected chi connectivity index (χ3v) is 5.97. The van der Waals surface area contributed by atoms with Crippen LogP contribution in [-0.2, 0) is 25.5 Å². The van der Waals surface area contributed by atoms with Gasteiger partial charge >= 0.3 is 5.97 Å². The number of fused-ring (bicyclic) bond motifs is 1. The number of ether oxygens (including phenoxy) is 3. The van der Waals surface area contributed by atoms with Gasteiger partial charge in [-0.05, 0) is 17.6 Å². The van der Waals surface area contributed by atoms with E-state index in [2.05, 4.69) is 23.6 Å².